The van der Waals surface area contributed by atoms with Crippen LogP contribution in [-0.2, 0) is 9.59 Å². The summed E-state index contributed by atoms with van der Waals surface area (Å²) in [6, 6.07) is -0.297. The van der Waals surface area contributed by atoms with E-state index >= 15 is 0 Å². The van der Waals surface area contributed by atoms with Gasteiger partial charge in [-0.05, 0) is 0 Å². The second-order valence-corrected chi connectivity index (χ2v) is 4.32. The van der Waals surface area contributed by atoms with Crippen molar-refractivity contribution < 1.29 is 9.59 Å². The summed E-state index contributed by atoms with van der Waals surface area (Å²) in [6.45, 7) is 2.15. The van der Waals surface area contributed by atoms with E-state index in [1.54, 1.807) is 16.7 Å². The Morgan fingerprint density at radius 3 is 2.85 bits per heavy atom. The van der Waals surface area contributed by atoms with Crippen molar-refractivity contribution in [1.29, 1.82) is 0 Å². The summed E-state index contributed by atoms with van der Waals surface area (Å²) in [4.78, 5) is 24.1. The highest BCUT2D eigenvalue weighted by molar-refractivity contribution is 7.99. The highest BCUT2D eigenvalue weighted by atomic mass is 35.5. The van der Waals surface area contributed by atoms with Crippen LogP contribution >= 0.6 is 23.4 Å². The van der Waals surface area contributed by atoms with Crippen molar-refractivity contribution in [2.24, 2.45) is 0 Å². The van der Waals surface area contributed by atoms with Crippen LogP contribution in [0.3, 0.4) is 0 Å². The average Bonchev–Trinajstić information content (AvgIpc) is 2.16. The lowest BCUT2D eigenvalue weighted by Crippen LogP contribution is -2.49. The Kier molecular flexibility index (Phi) is 4.06. The van der Waals surface area contributed by atoms with Gasteiger partial charge in [0.25, 0.3) is 0 Å². The zero-order valence-electron chi connectivity index (χ0n) is 7.46. The first kappa shape index (κ1) is 10.9. The van der Waals surface area contributed by atoms with Crippen LogP contribution in [-0.4, -0.2) is 46.6 Å². The molecule has 1 heterocycles. The number of alkyl halides is 1. The van der Waals surface area contributed by atoms with Gasteiger partial charge in [0.2, 0.25) is 5.91 Å². The second-order valence-electron chi connectivity index (χ2n) is 2.90. The van der Waals surface area contributed by atoms with Gasteiger partial charge < -0.3 is 4.90 Å². The van der Waals surface area contributed by atoms with Crippen molar-refractivity contribution in [3.63, 3.8) is 0 Å². The molecule has 3 nitrogen and oxygen atoms in total. The third-order valence-corrected chi connectivity index (χ3v) is 3.32. The zero-order chi connectivity index (χ0) is 9.84. The van der Waals surface area contributed by atoms with Crippen LogP contribution in [0.4, 0.5) is 0 Å². The normalized spacial score (nSPS) is 22.9. The van der Waals surface area contributed by atoms with E-state index in [1.807, 2.05) is 0 Å². The molecule has 0 aliphatic carbocycles. The van der Waals surface area contributed by atoms with Gasteiger partial charge in [0.15, 0.2) is 5.78 Å². The fourth-order valence-corrected chi connectivity index (χ4v) is 2.60. The first-order valence-corrected chi connectivity index (χ1v) is 5.79. The van der Waals surface area contributed by atoms with Gasteiger partial charge in [0, 0.05) is 25.0 Å². The number of hydrogen-bond donors (Lipinski definition) is 0. The highest BCUT2D eigenvalue weighted by Crippen LogP contribution is 2.17. The van der Waals surface area contributed by atoms with Gasteiger partial charge in [-0.1, -0.05) is 0 Å². The molecule has 0 N–H and O–H groups in total. The third kappa shape index (κ3) is 2.61. The maximum atomic E-state index is 11.3. The summed E-state index contributed by atoms with van der Waals surface area (Å²) >= 11 is 7.15. The molecule has 0 radical (unpaired) electrons. The molecule has 1 aliphatic heterocycles. The minimum atomic E-state index is -0.297. The fraction of sp³-hybridized carbons (Fsp3) is 0.750. The second kappa shape index (κ2) is 4.86. The molecule has 0 aromatic heterocycles. The van der Waals surface area contributed by atoms with E-state index in [-0.39, 0.29) is 23.6 Å². The van der Waals surface area contributed by atoms with Gasteiger partial charge in [-0.2, -0.15) is 11.8 Å². The lowest BCUT2D eigenvalue weighted by molar-refractivity contribution is -0.136. The maximum absolute atomic E-state index is 11.3. The number of Topliss-reactive ketones (excluding diaryl/α,β-unsaturated/α-hetero) is 1. The first-order chi connectivity index (χ1) is 6.16. The molecular formula is C8H12ClNO2S. The number of thioether (sulfide) groups is 1. The molecule has 5 heteroatoms. The highest BCUT2D eigenvalue weighted by Gasteiger charge is 2.29. The van der Waals surface area contributed by atoms with Crippen LogP contribution in [0.2, 0.25) is 0 Å². The van der Waals surface area contributed by atoms with Crippen LogP contribution in [0.5, 0.6) is 0 Å². The van der Waals surface area contributed by atoms with Crippen LogP contribution in [0, 0.1) is 0 Å². The molecule has 1 saturated heterocycles. The van der Waals surface area contributed by atoms with E-state index in [9.17, 15) is 9.59 Å². The Morgan fingerprint density at radius 1 is 1.62 bits per heavy atom. The first-order valence-electron chi connectivity index (χ1n) is 4.10. The van der Waals surface area contributed by atoms with Gasteiger partial charge in [0.1, 0.15) is 6.04 Å². The monoisotopic (exact) mass is 221 g/mol. The zero-order valence-corrected chi connectivity index (χ0v) is 9.03. The minimum absolute atomic E-state index is 0.00495. The largest absolute Gasteiger partial charge is 0.331 e. The van der Waals surface area contributed by atoms with Gasteiger partial charge in [-0.3, -0.25) is 9.59 Å². The smallest absolute Gasteiger partial charge is 0.220 e. The standard InChI is InChI=1S/C8H12ClNO2S/c1-6(11)10-2-3-13-5-7(10)8(12)4-9/h7H,2-5H2,1H3. The summed E-state index contributed by atoms with van der Waals surface area (Å²) in [7, 11) is 0. The molecule has 1 atom stereocenters. The van der Waals surface area contributed by atoms with E-state index in [0.29, 0.717) is 12.3 Å². The quantitative estimate of drug-likeness (QED) is 0.647. The molecule has 0 bridgehead atoms. The number of hydrogen-bond acceptors (Lipinski definition) is 3. The Hall–Kier alpha value is -0.220. The summed E-state index contributed by atoms with van der Waals surface area (Å²) in [5, 5.41) is 0. The maximum Gasteiger partial charge on any atom is 0.220 e. The molecule has 1 unspecified atom stereocenters. The van der Waals surface area contributed by atoms with E-state index in [2.05, 4.69) is 0 Å². The van der Waals surface area contributed by atoms with Gasteiger partial charge in [-0.15, -0.1) is 11.6 Å². The Morgan fingerprint density at radius 2 is 2.31 bits per heavy atom. The molecule has 1 amide bonds. The lowest BCUT2D eigenvalue weighted by Gasteiger charge is -2.33. The van der Waals surface area contributed by atoms with Gasteiger partial charge in [-0.25, -0.2) is 0 Å². The molecule has 1 aliphatic rings. The van der Waals surface area contributed by atoms with Crippen molar-refractivity contribution in [2.75, 3.05) is 23.9 Å². The molecule has 74 valence electrons. The Labute approximate surface area is 86.8 Å². The topological polar surface area (TPSA) is 37.4 Å². The third-order valence-electron chi connectivity index (χ3n) is 2.04. The predicted molar refractivity (Wildman–Crippen MR) is 54.2 cm³/mol. The van der Waals surface area contributed by atoms with Crippen molar-refractivity contribution in [1.82, 2.24) is 4.90 Å². The van der Waals surface area contributed by atoms with Crippen LogP contribution in [0.1, 0.15) is 6.92 Å². The van der Waals surface area contributed by atoms with Gasteiger partial charge >= 0.3 is 0 Å². The molecule has 0 aromatic rings. The minimum Gasteiger partial charge on any atom is -0.331 e. The van der Waals surface area contributed by atoms with Crippen LogP contribution < -0.4 is 0 Å². The van der Waals surface area contributed by atoms with Crippen molar-refractivity contribution in [3.05, 3.63) is 0 Å². The lowest BCUT2D eigenvalue weighted by atomic mass is 10.2. The summed E-state index contributed by atoms with van der Waals surface area (Å²) in [6.07, 6.45) is 0. The van der Waals surface area contributed by atoms with E-state index in [1.165, 1.54) is 6.92 Å². The fourth-order valence-electron chi connectivity index (χ4n) is 1.34. The molecule has 13 heavy (non-hydrogen) atoms. The van der Waals surface area contributed by atoms with Crippen molar-refractivity contribution >= 4 is 35.1 Å². The number of ketones is 1. The SMILES string of the molecule is CC(=O)N1CCSCC1C(=O)CCl. The molecule has 1 rings (SSSR count). The van der Waals surface area contributed by atoms with Crippen LogP contribution in [0.15, 0.2) is 0 Å². The Bertz CT molecular complexity index is 222. The number of rotatable bonds is 2. The molecule has 1 fully saturated rings. The molecular weight excluding hydrogens is 210 g/mol. The number of carbonyl (C=O) groups excluding carboxylic acids is 2. The van der Waals surface area contributed by atoms with Crippen molar-refractivity contribution in [3.8, 4) is 0 Å². The predicted octanol–water partition coefficient (Wildman–Crippen LogP) is 0.758. The number of nitrogens with zero attached hydrogens (tertiary/aromatic N) is 1. The number of amides is 1. The van der Waals surface area contributed by atoms with Gasteiger partial charge in [0.05, 0.1) is 5.88 Å². The van der Waals surface area contributed by atoms with E-state index < -0.39 is 0 Å². The van der Waals surface area contributed by atoms with E-state index in [0.717, 1.165) is 5.75 Å². The molecule has 0 spiro atoms. The molecule has 0 saturated carbocycles. The van der Waals surface area contributed by atoms with Crippen molar-refractivity contribution in [2.45, 2.75) is 13.0 Å². The molecule has 0 aromatic carbocycles. The summed E-state index contributed by atoms with van der Waals surface area (Å²) in [5.41, 5.74) is 0. The average molecular weight is 222 g/mol. The van der Waals surface area contributed by atoms with Crippen LogP contribution in [0.25, 0.3) is 0 Å². The number of halogens is 1. The Balaban J connectivity index is 2.67. The summed E-state index contributed by atoms with van der Waals surface area (Å²) in [5.74, 6) is 1.50. The number of carbonyl (C=O) groups is 2. The van der Waals surface area contributed by atoms with E-state index in [4.69, 9.17) is 11.6 Å². The summed E-state index contributed by atoms with van der Waals surface area (Å²) < 4.78 is 0.